The molecule has 0 saturated heterocycles. The minimum atomic E-state index is -0.314. The molecule has 18 heavy (non-hydrogen) atoms. The van der Waals surface area contributed by atoms with Gasteiger partial charge in [0.15, 0.2) is 0 Å². The van der Waals surface area contributed by atoms with Crippen molar-refractivity contribution in [1.29, 1.82) is 0 Å². The second kappa shape index (κ2) is 5.07. The van der Waals surface area contributed by atoms with Crippen LogP contribution in [0.1, 0.15) is 18.4 Å². The number of nitrogens with one attached hydrogen (secondary N) is 1. The van der Waals surface area contributed by atoms with E-state index >= 15 is 0 Å². The largest absolute Gasteiger partial charge is 0.393 e. The SMILES string of the molecule is Cn1cc(CNCC2CC(O)C2)c(=O)n(C)c1=O. The van der Waals surface area contributed by atoms with E-state index in [4.69, 9.17) is 5.11 Å². The van der Waals surface area contributed by atoms with Gasteiger partial charge in [0.2, 0.25) is 0 Å². The van der Waals surface area contributed by atoms with Gasteiger partial charge in [0.25, 0.3) is 5.56 Å². The van der Waals surface area contributed by atoms with E-state index in [1.807, 2.05) is 0 Å². The Balaban J connectivity index is 1.97. The van der Waals surface area contributed by atoms with E-state index in [2.05, 4.69) is 5.32 Å². The van der Waals surface area contributed by atoms with E-state index in [9.17, 15) is 9.59 Å². The van der Waals surface area contributed by atoms with Crippen molar-refractivity contribution in [1.82, 2.24) is 14.5 Å². The van der Waals surface area contributed by atoms with Crippen LogP contribution in [-0.4, -0.2) is 26.9 Å². The minimum Gasteiger partial charge on any atom is -0.393 e. The quantitative estimate of drug-likeness (QED) is 0.717. The van der Waals surface area contributed by atoms with E-state index in [1.54, 1.807) is 13.2 Å². The van der Waals surface area contributed by atoms with Gasteiger partial charge in [-0.15, -0.1) is 0 Å². The second-order valence-corrected chi connectivity index (χ2v) is 5.03. The maximum absolute atomic E-state index is 11.8. The van der Waals surface area contributed by atoms with Gasteiger partial charge in [0.05, 0.1) is 6.10 Å². The summed E-state index contributed by atoms with van der Waals surface area (Å²) in [6, 6.07) is 0. The lowest BCUT2D eigenvalue weighted by Crippen LogP contribution is -2.41. The van der Waals surface area contributed by atoms with E-state index < -0.39 is 0 Å². The number of rotatable bonds is 4. The van der Waals surface area contributed by atoms with Crippen LogP contribution >= 0.6 is 0 Å². The topological polar surface area (TPSA) is 76.3 Å². The summed E-state index contributed by atoms with van der Waals surface area (Å²) in [5, 5.41) is 12.4. The predicted molar refractivity (Wildman–Crippen MR) is 67.4 cm³/mol. The fourth-order valence-corrected chi connectivity index (χ4v) is 2.28. The molecule has 0 bridgehead atoms. The summed E-state index contributed by atoms with van der Waals surface area (Å²) in [6.45, 7) is 1.25. The van der Waals surface area contributed by atoms with E-state index in [0.29, 0.717) is 18.0 Å². The molecule has 0 amide bonds. The van der Waals surface area contributed by atoms with Crippen molar-refractivity contribution in [3.63, 3.8) is 0 Å². The zero-order chi connectivity index (χ0) is 13.3. The number of hydrogen-bond donors (Lipinski definition) is 2. The highest BCUT2D eigenvalue weighted by Gasteiger charge is 2.26. The highest BCUT2D eigenvalue weighted by molar-refractivity contribution is 5.05. The highest BCUT2D eigenvalue weighted by atomic mass is 16.3. The molecule has 1 aliphatic carbocycles. The second-order valence-electron chi connectivity index (χ2n) is 5.03. The summed E-state index contributed by atoms with van der Waals surface area (Å²) in [5.74, 6) is 0.497. The Labute approximate surface area is 105 Å². The summed E-state index contributed by atoms with van der Waals surface area (Å²) < 4.78 is 2.52. The first-order chi connectivity index (χ1) is 8.49. The van der Waals surface area contributed by atoms with Crippen molar-refractivity contribution in [2.24, 2.45) is 20.0 Å². The van der Waals surface area contributed by atoms with Crippen LogP contribution in [0.5, 0.6) is 0 Å². The lowest BCUT2D eigenvalue weighted by Gasteiger charge is -2.31. The number of hydrogen-bond acceptors (Lipinski definition) is 4. The third kappa shape index (κ3) is 2.54. The van der Waals surface area contributed by atoms with E-state index in [-0.39, 0.29) is 17.4 Å². The van der Waals surface area contributed by atoms with Crippen LogP contribution in [0.15, 0.2) is 15.8 Å². The molecule has 1 aliphatic rings. The van der Waals surface area contributed by atoms with Gasteiger partial charge in [-0.05, 0) is 25.3 Å². The lowest BCUT2D eigenvalue weighted by molar-refractivity contribution is 0.0429. The Hall–Kier alpha value is -1.40. The van der Waals surface area contributed by atoms with Gasteiger partial charge in [-0.25, -0.2) is 4.79 Å². The normalized spacial score (nSPS) is 22.8. The van der Waals surface area contributed by atoms with Crippen molar-refractivity contribution in [2.45, 2.75) is 25.5 Å². The Morgan fingerprint density at radius 2 is 2.06 bits per heavy atom. The predicted octanol–water partition coefficient (Wildman–Crippen LogP) is -1.06. The zero-order valence-corrected chi connectivity index (χ0v) is 10.7. The molecule has 0 radical (unpaired) electrons. The standard InChI is InChI=1S/C12H19N3O3/c1-14-7-9(11(17)15(2)12(14)18)6-13-5-8-3-10(16)4-8/h7-8,10,13,16H,3-6H2,1-2H3. The maximum atomic E-state index is 11.8. The summed E-state index contributed by atoms with van der Waals surface area (Å²) in [5.41, 5.74) is 0.0181. The molecule has 0 spiro atoms. The van der Waals surface area contributed by atoms with E-state index in [1.165, 1.54) is 11.6 Å². The number of aliphatic hydroxyl groups is 1. The average Bonchev–Trinajstić information content (AvgIpc) is 2.30. The van der Waals surface area contributed by atoms with Crippen molar-refractivity contribution in [3.05, 3.63) is 32.6 Å². The van der Waals surface area contributed by atoms with Gasteiger partial charge in [-0.1, -0.05) is 0 Å². The molecule has 2 N–H and O–H groups in total. The molecule has 6 heteroatoms. The summed E-state index contributed by atoms with van der Waals surface area (Å²) in [6.07, 6.45) is 3.09. The molecule has 1 saturated carbocycles. The fourth-order valence-electron chi connectivity index (χ4n) is 2.28. The first kappa shape index (κ1) is 13.0. The van der Waals surface area contributed by atoms with Crippen LogP contribution < -0.4 is 16.6 Å². The number of aromatic nitrogens is 2. The van der Waals surface area contributed by atoms with Crippen LogP contribution in [0.4, 0.5) is 0 Å². The summed E-state index contributed by atoms with van der Waals surface area (Å²) >= 11 is 0. The molecular formula is C12H19N3O3. The summed E-state index contributed by atoms with van der Waals surface area (Å²) in [4.78, 5) is 23.3. The van der Waals surface area contributed by atoms with Crippen LogP contribution in [-0.2, 0) is 20.6 Å². The zero-order valence-electron chi connectivity index (χ0n) is 10.7. The lowest BCUT2D eigenvalue weighted by atomic mass is 9.82. The molecule has 6 nitrogen and oxygen atoms in total. The molecule has 1 fully saturated rings. The van der Waals surface area contributed by atoms with Gasteiger partial charge < -0.3 is 15.0 Å². The molecule has 1 aromatic heterocycles. The first-order valence-corrected chi connectivity index (χ1v) is 6.13. The van der Waals surface area contributed by atoms with Crippen LogP contribution in [0.3, 0.4) is 0 Å². The van der Waals surface area contributed by atoms with Gasteiger partial charge >= 0.3 is 5.69 Å². The van der Waals surface area contributed by atoms with Crippen molar-refractivity contribution in [2.75, 3.05) is 6.54 Å². The smallest absolute Gasteiger partial charge is 0.330 e. The monoisotopic (exact) mass is 253 g/mol. The molecule has 0 unspecified atom stereocenters. The summed E-state index contributed by atoms with van der Waals surface area (Å²) in [7, 11) is 3.12. The maximum Gasteiger partial charge on any atom is 0.330 e. The molecule has 100 valence electrons. The van der Waals surface area contributed by atoms with Crippen LogP contribution in [0.2, 0.25) is 0 Å². The number of aliphatic hydroxyl groups excluding tert-OH is 1. The van der Waals surface area contributed by atoms with Crippen molar-refractivity contribution in [3.8, 4) is 0 Å². The average molecular weight is 253 g/mol. The number of nitrogens with zero attached hydrogens (tertiary/aromatic N) is 2. The van der Waals surface area contributed by atoms with Crippen molar-refractivity contribution < 1.29 is 5.11 Å². The highest BCUT2D eigenvalue weighted by Crippen LogP contribution is 2.25. The number of aryl methyl sites for hydroxylation is 1. The molecular weight excluding hydrogens is 234 g/mol. The van der Waals surface area contributed by atoms with Gasteiger partial charge in [-0.2, -0.15) is 0 Å². The van der Waals surface area contributed by atoms with Crippen LogP contribution in [0.25, 0.3) is 0 Å². The molecule has 0 aliphatic heterocycles. The van der Waals surface area contributed by atoms with Gasteiger partial charge in [0, 0.05) is 32.4 Å². The first-order valence-electron chi connectivity index (χ1n) is 6.13. The third-order valence-electron chi connectivity index (χ3n) is 3.48. The fraction of sp³-hybridized carbons (Fsp3) is 0.667. The van der Waals surface area contributed by atoms with Gasteiger partial charge in [0.1, 0.15) is 0 Å². The molecule has 0 aromatic carbocycles. The minimum absolute atomic E-state index is 0.151. The molecule has 1 heterocycles. The Bertz CT molecular complexity index is 540. The molecule has 2 rings (SSSR count). The van der Waals surface area contributed by atoms with E-state index in [0.717, 1.165) is 24.0 Å². The third-order valence-corrected chi connectivity index (χ3v) is 3.48. The molecule has 0 atom stereocenters. The van der Waals surface area contributed by atoms with Crippen LogP contribution in [0, 0.1) is 5.92 Å². The van der Waals surface area contributed by atoms with Gasteiger partial charge in [-0.3, -0.25) is 9.36 Å². The Morgan fingerprint density at radius 1 is 1.39 bits per heavy atom. The van der Waals surface area contributed by atoms with Crippen molar-refractivity contribution >= 4 is 0 Å². The Kier molecular flexibility index (Phi) is 3.68. The Morgan fingerprint density at radius 3 is 2.67 bits per heavy atom. The molecule has 1 aromatic rings.